The van der Waals surface area contributed by atoms with Gasteiger partial charge in [0.2, 0.25) is 0 Å². The maximum Gasteiger partial charge on any atom is 0.175 e. The third kappa shape index (κ3) is 1.83. The first-order valence-electron chi connectivity index (χ1n) is 3.95. The molecule has 0 fully saturated rings. The maximum absolute atomic E-state index is 5.47. The lowest BCUT2D eigenvalue weighted by Gasteiger charge is -2.20. The van der Waals surface area contributed by atoms with Gasteiger partial charge >= 0.3 is 0 Å². The number of fused-ring (bicyclic) bond motifs is 1. The third-order valence-electron chi connectivity index (χ3n) is 1.81. The first-order chi connectivity index (χ1) is 6.31. The molecule has 0 aliphatic carbocycles. The Hall–Kier alpha value is -0.220. The summed E-state index contributed by atoms with van der Waals surface area (Å²) in [7, 11) is 0. The summed E-state index contributed by atoms with van der Waals surface area (Å²) in [4.78, 5) is 0. The topological polar surface area (TPSA) is 18.5 Å². The summed E-state index contributed by atoms with van der Waals surface area (Å²) < 4.78 is 11.9. The highest BCUT2D eigenvalue weighted by atomic mass is 79.9. The highest BCUT2D eigenvalue weighted by molar-refractivity contribution is 9.10. The average Bonchev–Trinajstić information content (AvgIpc) is 2.18. The first kappa shape index (κ1) is 9.34. The first-order valence-corrected chi connectivity index (χ1v) is 5.86. The minimum Gasteiger partial charge on any atom is -0.486 e. The fourth-order valence-electron chi connectivity index (χ4n) is 1.24. The van der Waals surface area contributed by atoms with E-state index in [1.165, 1.54) is 5.56 Å². The van der Waals surface area contributed by atoms with Crippen molar-refractivity contribution in [3.63, 3.8) is 0 Å². The number of halogens is 2. The van der Waals surface area contributed by atoms with Crippen molar-refractivity contribution in [3.05, 3.63) is 22.2 Å². The van der Waals surface area contributed by atoms with Gasteiger partial charge in [-0.25, -0.2) is 0 Å². The SMILES string of the molecule is BrCc1cc(Br)c2c(c1)OCCO2. The molecular weight excluding hydrogens is 300 g/mol. The molecule has 70 valence electrons. The molecule has 0 saturated carbocycles. The molecule has 1 aromatic rings. The zero-order valence-corrected chi connectivity index (χ0v) is 10.0. The van der Waals surface area contributed by atoms with Gasteiger partial charge in [0.25, 0.3) is 0 Å². The molecule has 0 atom stereocenters. The second kappa shape index (κ2) is 3.88. The van der Waals surface area contributed by atoms with Gasteiger partial charge in [0.05, 0.1) is 4.47 Å². The van der Waals surface area contributed by atoms with E-state index in [-0.39, 0.29) is 0 Å². The lowest BCUT2D eigenvalue weighted by molar-refractivity contribution is 0.170. The lowest BCUT2D eigenvalue weighted by atomic mass is 10.2. The molecule has 0 bridgehead atoms. The lowest BCUT2D eigenvalue weighted by Crippen LogP contribution is -2.15. The van der Waals surface area contributed by atoms with Crippen LogP contribution in [0.15, 0.2) is 16.6 Å². The number of ether oxygens (including phenoxy) is 2. The van der Waals surface area contributed by atoms with Gasteiger partial charge in [-0.05, 0) is 33.6 Å². The summed E-state index contributed by atoms with van der Waals surface area (Å²) in [6.07, 6.45) is 0. The molecule has 0 radical (unpaired) electrons. The van der Waals surface area contributed by atoms with E-state index in [0.717, 1.165) is 21.3 Å². The highest BCUT2D eigenvalue weighted by Gasteiger charge is 2.15. The van der Waals surface area contributed by atoms with Crippen molar-refractivity contribution < 1.29 is 9.47 Å². The monoisotopic (exact) mass is 306 g/mol. The van der Waals surface area contributed by atoms with Gasteiger partial charge in [0.15, 0.2) is 11.5 Å². The van der Waals surface area contributed by atoms with Crippen LogP contribution in [0.3, 0.4) is 0 Å². The fraction of sp³-hybridized carbons (Fsp3) is 0.333. The van der Waals surface area contributed by atoms with E-state index in [4.69, 9.17) is 9.47 Å². The quantitative estimate of drug-likeness (QED) is 0.742. The number of hydrogen-bond acceptors (Lipinski definition) is 2. The van der Waals surface area contributed by atoms with E-state index < -0.39 is 0 Å². The van der Waals surface area contributed by atoms with Crippen LogP contribution in [0, 0.1) is 0 Å². The van der Waals surface area contributed by atoms with Crippen molar-refractivity contribution >= 4 is 31.9 Å². The molecule has 13 heavy (non-hydrogen) atoms. The number of rotatable bonds is 1. The molecule has 0 N–H and O–H groups in total. The van der Waals surface area contributed by atoms with Gasteiger partial charge in [-0.3, -0.25) is 0 Å². The van der Waals surface area contributed by atoms with Crippen molar-refractivity contribution in [2.45, 2.75) is 5.33 Å². The molecule has 1 heterocycles. The summed E-state index contributed by atoms with van der Waals surface area (Å²) in [5.74, 6) is 1.64. The molecule has 0 amide bonds. The van der Waals surface area contributed by atoms with Crippen molar-refractivity contribution in [1.29, 1.82) is 0 Å². The molecule has 0 aromatic heterocycles. The average molecular weight is 308 g/mol. The Balaban J connectivity index is 2.47. The largest absolute Gasteiger partial charge is 0.486 e. The second-order valence-corrected chi connectivity index (χ2v) is 4.15. The Bertz CT molecular complexity index is 326. The molecule has 2 rings (SSSR count). The van der Waals surface area contributed by atoms with E-state index in [9.17, 15) is 0 Å². The smallest absolute Gasteiger partial charge is 0.175 e. The van der Waals surface area contributed by atoms with E-state index in [2.05, 4.69) is 31.9 Å². The molecule has 4 heteroatoms. The Kier molecular flexibility index (Phi) is 2.79. The van der Waals surface area contributed by atoms with Crippen molar-refractivity contribution in [1.82, 2.24) is 0 Å². The van der Waals surface area contributed by atoms with E-state index >= 15 is 0 Å². The Morgan fingerprint density at radius 1 is 1.23 bits per heavy atom. The maximum atomic E-state index is 5.47. The van der Waals surface area contributed by atoms with Gasteiger partial charge in [0.1, 0.15) is 13.2 Å². The third-order valence-corrected chi connectivity index (χ3v) is 3.05. The summed E-state index contributed by atoms with van der Waals surface area (Å²) in [5, 5.41) is 0.822. The van der Waals surface area contributed by atoms with Crippen LogP contribution >= 0.6 is 31.9 Å². The standard InChI is InChI=1S/C9H8Br2O2/c10-5-6-3-7(11)9-8(4-6)12-1-2-13-9/h3-4H,1-2,5H2. The van der Waals surface area contributed by atoms with E-state index in [1.54, 1.807) is 0 Å². The second-order valence-electron chi connectivity index (χ2n) is 2.74. The number of alkyl halides is 1. The van der Waals surface area contributed by atoms with Crippen LogP contribution < -0.4 is 9.47 Å². The number of hydrogen-bond donors (Lipinski definition) is 0. The number of benzene rings is 1. The minimum absolute atomic E-state index is 0.624. The minimum atomic E-state index is 0.624. The van der Waals surface area contributed by atoms with Crippen LogP contribution in [-0.2, 0) is 5.33 Å². The zero-order valence-electron chi connectivity index (χ0n) is 6.85. The molecule has 1 aromatic carbocycles. The molecule has 2 nitrogen and oxygen atoms in total. The van der Waals surface area contributed by atoms with Gasteiger partial charge in [-0.2, -0.15) is 0 Å². The van der Waals surface area contributed by atoms with Gasteiger partial charge in [0, 0.05) is 5.33 Å². The molecule has 0 unspecified atom stereocenters. The van der Waals surface area contributed by atoms with E-state index in [0.29, 0.717) is 13.2 Å². The molecule has 1 aliphatic heterocycles. The van der Waals surface area contributed by atoms with Crippen LogP contribution in [-0.4, -0.2) is 13.2 Å². The predicted molar refractivity (Wildman–Crippen MR) is 57.8 cm³/mol. The Morgan fingerprint density at radius 2 is 2.00 bits per heavy atom. The molecule has 0 spiro atoms. The normalized spacial score (nSPS) is 14.3. The van der Waals surface area contributed by atoms with Crippen LogP contribution in [0.4, 0.5) is 0 Å². The zero-order chi connectivity index (χ0) is 9.26. The Morgan fingerprint density at radius 3 is 2.77 bits per heavy atom. The van der Waals surface area contributed by atoms with Crippen LogP contribution in [0.2, 0.25) is 0 Å². The highest BCUT2D eigenvalue weighted by Crippen LogP contribution is 2.38. The van der Waals surface area contributed by atoms with Crippen molar-refractivity contribution in [3.8, 4) is 11.5 Å². The van der Waals surface area contributed by atoms with Crippen LogP contribution in [0.25, 0.3) is 0 Å². The summed E-state index contributed by atoms with van der Waals surface area (Å²) in [6.45, 7) is 1.25. The summed E-state index contributed by atoms with van der Waals surface area (Å²) >= 11 is 6.85. The fourth-order valence-corrected chi connectivity index (χ4v) is 2.17. The van der Waals surface area contributed by atoms with Crippen LogP contribution in [0.1, 0.15) is 5.56 Å². The van der Waals surface area contributed by atoms with Crippen LogP contribution in [0.5, 0.6) is 11.5 Å². The molecular formula is C9H8Br2O2. The van der Waals surface area contributed by atoms with Crippen molar-refractivity contribution in [2.75, 3.05) is 13.2 Å². The summed E-state index contributed by atoms with van der Waals surface area (Å²) in [5.41, 5.74) is 1.18. The predicted octanol–water partition coefficient (Wildman–Crippen LogP) is 3.12. The van der Waals surface area contributed by atoms with Crippen molar-refractivity contribution in [2.24, 2.45) is 0 Å². The molecule has 1 aliphatic rings. The van der Waals surface area contributed by atoms with Gasteiger partial charge in [-0.15, -0.1) is 0 Å². The van der Waals surface area contributed by atoms with Gasteiger partial charge < -0.3 is 9.47 Å². The van der Waals surface area contributed by atoms with E-state index in [1.807, 2.05) is 12.1 Å². The summed E-state index contributed by atoms with van der Waals surface area (Å²) in [6, 6.07) is 4.02. The molecule has 0 saturated heterocycles. The van der Waals surface area contributed by atoms with Gasteiger partial charge in [-0.1, -0.05) is 15.9 Å². The Labute approximate surface area is 93.5 Å².